The molecule has 0 N–H and O–H groups in total. The predicted octanol–water partition coefficient (Wildman–Crippen LogP) is 4.10. The Morgan fingerprint density at radius 2 is 1.86 bits per heavy atom. The second-order valence-electron chi connectivity index (χ2n) is 4.18. The van der Waals surface area contributed by atoms with E-state index in [2.05, 4.69) is 15.9 Å². The van der Waals surface area contributed by atoms with Crippen LogP contribution in [0.5, 0.6) is 0 Å². The average molecular weight is 398 g/mol. The lowest BCUT2D eigenvalue weighted by molar-refractivity contribution is -0.150. The van der Waals surface area contributed by atoms with Gasteiger partial charge >= 0.3 is 11.9 Å². The highest BCUT2D eigenvalue weighted by Crippen LogP contribution is 2.33. The van der Waals surface area contributed by atoms with Crippen LogP contribution in [0.1, 0.15) is 30.4 Å². The molecule has 0 aliphatic heterocycles. The third kappa shape index (κ3) is 4.87. The molecule has 1 rings (SSSR count). The molecule has 7 heteroatoms. The van der Waals surface area contributed by atoms with Crippen LogP contribution in [0, 0.1) is 0 Å². The first-order valence-electron chi connectivity index (χ1n) is 6.21. The Kier molecular flexibility index (Phi) is 7.49. The summed E-state index contributed by atoms with van der Waals surface area (Å²) in [6, 6.07) is 3.23. The number of benzene rings is 1. The molecule has 4 nitrogen and oxygen atoms in total. The van der Waals surface area contributed by atoms with Crippen LogP contribution in [0.4, 0.5) is 0 Å². The van der Waals surface area contributed by atoms with E-state index in [1.807, 2.05) is 0 Å². The number of esters is 2. The maximum atomic E-state index is 11.9. The number of carbonyl (C=O) groups excluding carboxylic acids is 2. The van der Waals surface area contributed by atoms with Crippen molar-refractivity contribution in [1.29, 1.82) is 0 Å². The fourth-order valence-electron chi connectivity index (χ4n) is 1.82. The number of carbonyl (C=O) groups is 2. The van der Waals surface area contributed by atoms with Crippen molar-refractivity contribution in [3.63, 3.8) is 0 Å². The van der Waals surface area contributed by atoms with E-state index in [4.69, 9.17) is 32.7 Å². The predicted molar refractivity (Wildman–Crippen MR) is 85.1 cm³/mol. The fourth-order valence-corrected chi connectivity index (χ4v) is 3.38. The number of hydrogen-bond donors (Lipinski definition) is 0. The number of rotatable bonds is 6. The van der Waals surface area contributed by atoms with Gasteiger partial charge in [0.15, 0.2) is 0 Å². The van der Waals surface area contributed by atoms with E-state index in [-0.39, 0.29) is 13.0 Å². The summed E-state index contributed by atoms with van der Waals surface area (Å²) >= 11 is 15.6. The molecule has 0 heterocycles. The minimum Gasteiger partial charge on any atom is -0.469 e. The lowest BCUT2D eigenvalue weighted by Gasteiger charge is -2.16. The molecule has 1 unspecified atom stereocenters. The average Bonchev–Trinajstić information content (AvgIpc) is 2.44. The van der Waals surface area contributed by atoms with E-state index in [9.17, 15) is 9.59 Å². The minimum absolute atomic E-state index is 0.124. The molecular weight excluding hydrogens is 383 g/mol. The van der Waals surface area contributed by atoms with Gasteiger partial charge in [0, 0.05) is 15.4 Å². The van der Waals surface area contributed by atoms with Crippen molar-refractivity contribution < 1.29 is 19.1 Å². The van der Waals surface area contributed by atoms with Gasteiger partial charge in [-0.15, -0.1) is 0 Å². The van der Waals surface area contributed by atoms with Crippen molar-refractivity contribution in [2.45, 2.75) is 24.6 Å². The van der Waals surface area contributed by atoms with Gasteiger partial charge in [-0.2, -0.15) is 0 Å². The van der Waals surface area contributed by atoms with Crippen LogP contribution >= 0.6 is 39.1 Å². The van der Waals surface area contributed by atoms with Crippen LogP contribution in [0.25, 0.3) is 0 Å². The molecule has 1 atom stereocenters. The van der Waals surface area contributed by atoms with Crippen molar-refractivity contribution in [2.75, 3.05) is 13.7 Å². The van der Waals surface area contributed by atoms with E-state index in [1.165, 1.54) is 7.11 Å². The van der Waals surface area contributed by atoms with Crippen LogP contribution < -0.4 is 0 Å². The highest BCUT2D eigenvalue weighted by molar-refractivity contribution is 9.08. The summed E-state index contributed by atoms with van der Waals surface area (Å²) in [7, 11) is 1.26. The summed E-state index contributed by atoms with van der Waals surface area (Å²) in [6.45, 7) is 1.94. The topological polar surface area (TPSA) is 52.6 Å². The summed E-state index contributed by atoms with van der Waals surface area (Å²) in [5, 5.41) is 1.34. The molecule has 21 heavy (non-hydrogen) atoms. The molecule has 0 amide bonds. The first-order chi connectivity index (χ1) is 9.94. The highest BCUT2D eigenvalue weighted by Gasteiger charge is 2.26. The Bertz CT molecular complexity index is 511. The summed E-state index contributed by atoms with van der Waals surface area (Å²) in [5.74, 6) is -1.82. The van der Waals surface area contributed by atoms with Gasteiger partial charge in [-0.05, 0) is 30.2 Å². The minimum atomic E-state index is -0.798. The zero-order valence-corrected chi connectivity index (χ0v) is 14.7. The van der Waals surface area contributed by atoms with Gasteiger partial charge in [0.05, 0.1) is 26.1 Å². The molecular formula is C14H15BrCl2O4. The summed E-state index contributed by atoms with van der Waals surface area (Å²) in [4.78, 5) is 23.5. The highest BCUT2D eigenvalue weighted by atomic mass is 79.9. The first kappa shape index (κ1) is 18.3. The Morgan fingerprint density at radius 3 is 2.29 bits per heavy atom. The van der Waals surface area contributed by atoms with Gasteiger partial charge < -0.3 is 9.47 Å². The zero-order chi connectivity index (χ0) is 16.0. The number of halogens is 3. The molecule has 0 spiro atoms. The standard InChI is InChI=1S/C14H15BrCl2O4/c1-3-21-13(18)6-9(14(19)20-2)8-4-11(16)10(7-15)12(17)5-8/h4-5,9H,3,6-7H2,1-2H3. The largest absolute Gasteiger partial charge is 0.469 e. The Labute approximate surface area is 141 Å². The van der Waals surface area contributed by atoms with Gasteiger partial charge in [-0.1, -0.05) is 39.1 Å². The van der Waals surface area contributed by atoms with Crippen LogP contribution in [0.2, 0.25) is 10.0 Å². The second kappa shape index (κ2) is 8.61. The second-order valence-corrected chi connectivity index (χ2v) is 5.56. The Hall–Kier alpha value is -0.780. The summed E-state index contributed by atoms with van der Waals surface area (Å²) in [5.41, 5.74) is 1.25. The molecule has 0 saturated carbocycles. The first-order valence-corrected chi connectivity index (χ1v) is 8.09. The van der Waals surface area contributed by atoms with Crippen molar-refractivity contribution in [1.82, 2.24) is 0 Å². The molecule has 0 aliphatic rings. The molecule has 0 aliphatic carbocycles. The van der Waals surface area contributed by atoms with Crippen molar-refractivity contribution in [3.8, 4) is 0 Å². The number of alkyl halides is 1. The molecule has 0 fully saturated rings. The molecule has 0 bridgehead atoms. The Balaban J connectivity index is 3.14. The van der Waals surface area contributed by atoms with Crippen LogP contribution in [-0.4, -0.2) is 25.7 Å². The van der Waals surface area contributed by atoms with Gasteiger partial charge in [0.2, 0.25) is 0 Å². The molecule has 0 radical (unpaired) electrons. The molecule has 1 aromatic carbocycles. The van der Waals surface area contributed by atoms with Crippen LogP contribution in [0.3, 0.4) is 0 Å². The van der Waals surface area contributed by atoms with Crippen molar-refractivity contribution >= 4 is 51.1 Å². The van der Waals surface area contributed by atoms with Crippen LogP contribution in [0.15, 0.2) is 12.1 Å². The molecule has 0 saturated heterocycles. The monoisotopic (exact) mass is 396 g/mol. The van der Waals surface area contributed by atoms with Gasteiger partial charge in [0.1, 0.15) is 0 Å². The van der Waals surface area contributed by atoms with E-state index < -0.39 is 17.9 Å². The lowest BCUT2D eigenvalue weighted by Crippen LogP contribution is -2.19. The number of methoxy groups -OCH3 is 1. The van der Waals surface area contributed by atoms with Crippen LogP contribution in [-0.2, 0) is 24.4 Å². The van der Waals surface area contributed by atoms with E-state index >= 15 is 0 Å². The third-order valence-corrected chi connectivity index (χ3v) is 4.10. The molecule has 1 aromatic rings. The van der Waals surface area contributed by atoms with Crippen molar-refractivity contribution in [3.05, 3.63) is 33.3 Å². The van der Waals surface area contributed by atoms with Gasteiger partial charge in [-0.3, -0.25) is 9.59 Å². The molecule has 116 valence electrons. The van der Waals surface area contributed by atoms with E-state index in [1.54, 1.807) is 19.1 Å². The van der Waals surface area contributed by atoms with Crippen molar-refractivity contribution in [2.24, 2.45) is 0 Å². The fraction of sp³-hybridized carbons (Fsp3) is 0.429. The maximum absolute atomic E-state index is 11.9. The summed E-state index contributed by atoms with van der Waals surface area (Å²) < 4.78 is 9.61. The normalized spacial score (nSPS) is 11.9. The summed E-state index contributed by atoms with van der Waals surface area (Å²) in [6.07, 6.45) is -0.124. The third-order valence-electron chi connectivity index (χ3n) is 2.86. The number of hydrogen-bond acceptors (Lipinski definition) is 4. The maximum Gasteiger partial charge on any atom is 0.313 e. The lowest BCUT2D eigenvalue weighted by atomic mass is 9.95. The SMILES string of the molecule is CCOC(=O)CC(C(=O)OC)c1cc(Cl)c(CBr)c(Cl)c1. The number of ether oxygens (including phenoxy) is 2. The van der Waals surface area contributed by atoms with E-state index in [0.717, 1.165) is 5.56 Å². The Morgan fingerprint density at radius 1 is 1.29 bits per heavy atom. The molecule has 0 aromatic heterocycles. The zero-order valence-electron chi connectivity index (χ0n) is 11.6. The smallest absolute Gasteiger partial charge is 0.313 e. The quantitative estimate of drug-likeness (QED) is 0.535. The van der Waals surface area contributed by atoms with Gasteiger partial charge in [0.25, 0.3) is 0 Å². The van der Waals surface area contributed by atoms with E-state index in [0.29, 0.717) is 20.9 Å². The van der Waals surface area contributed by atoms with Gasteiger partial charge in [-0.25, -0.2) is 0 Å².